The Hall–Kier alpha value is -3.08. The van der Waals surface area contributed by atoms with Gasteiger partial charge in [0.15, 0.2) is 0 Å². The van der Waals surface area contributed by atoms with Gasteiger partial charge >= 0.3 is 12.4 Å². The summed E-state index contributed by atoms with van der Waals surface area (Å²) in [7, 11) is 0. The minimum absolute atomic E-state index is 0.0450. The van der Waals surface area contributed by atoms with Gasteiger partial charge in [-0.15, -0.1) is 0 Å². The van der Waals surface area contributed by atoms with Crippen LogP contribution >= 0.6 is 0 Å². The SMILES string of the molecule is CCN(CC)CC(=O)Nc1ccc(NC(=O)c2cc(C(F)(F)F)cc(C(F)(F)F)c2)cc1C. The lowest BCUT2D eigenvalue weighted by atomic mass is 10.0. The van der Waals surface area contributed by atoms with Crippen LogP contribution in [-0.4, -0.2) is 36.3 Å². The van der Waals surface area contributed by atoms with Gasteiger partial charge in [0.1, 0.15) is 0 Å². The van der Waals surface area contributed by atoms with Crippen molar-refractivity contribution in [3.8, 4) is 0 Å². The van der Waals surface area contributed by atoms with Crippen molar-refractivity contribution in [2.75, 3.05) is 30.3 Å². The lowest BCUT2D eigenvalue weighted by Crippen LogP contribution is -2.33. The Kier molecular flexibility index (Phi) is 8.12. The number of likely N-dealkylation sites (N-methyl/N-ethyl adjacent to an activating group) is 1. The highest BCUT2D eigenvalue weighted by Crippen LogP contribution is 2.36. The maximum absolute atomic E-state index is 13.0. The van der Waals surface area contributed by atoms with Gasteiger partial charge < -0.3 is 10.6 Å². The van der Waals surface area contributed by atoms with Crippen LogP contribution in [0.15, 0.2) is 36.4 Å². The van der Waals surface area contributed by atoms with Gasteiger partial charge in [-0.3, -0.25) is 14.5 Å². The molecule has 0 spiro atoms. The fourth-order valence-electron chi connectivity index (χ4n) is 3.01. The Morgan fingerprint density at radius 1 is 0.848 bits per heavy atom. The number of benzene rings is 2. The van der Waals surface area contributed by atoms with Crippen molar-refractivity contribution in [3.63, 3.8) is 0 Å². The second kappa shape index (κ2) is 10.2. The Bertz CT molecular complexity index is 982. The van der Waals surface area contributed by atoms with Gasteiger partial charge in [0.2, 0.25) is 5.91 Å². The Morgan fingerprint density at radius 2 is 1.39 bits per heavy atom. The number of halogens is 6. The summed E-state index contributed by atoms with van der Waals surface area (Å²) in [5, 5.41) is 5.02. The topological polar surface area (TPSA) is 61.4 Å². The van der Waals surface area contributed by atoms with Crippen LogP contribution in [0.4, 0.5) is 37.7 Å². The Morgan fingerprint density at radius 3 is 1.85 bits per heavy atom. The number of carbonyl (C=O) groups excluding carboxylic acids is 2. The summed E-state index contributed by atoms with van der Waals surface area (Å²) in [6, 6.07) is 4.99. The van der Waals surface area contributed by atoms with Crippen LogP contribution in [0.1, 0.15) is 40.9 Å². The summed E-state index contributed by atoms with van der Waals surface area (Å²) in [4.78, 5) is 26.5. The van der Waals surface area contributed by atoms with E-state index < -0.39 is 35.0 Å². The molecule has 11 heteroatoms. The fraction of sp³-hybridized carbons (Fsp3) is 0.364. The molecule has 0 aromatic heterocycles. The smallest absolute Gasteiger partial charge is 0.325 e. The summed E-state index contributed by atoms with van der Waals surface area (Å²) < 4.78 is 78.1. The average Bonchev–Trinajstić information content (AvgIpc) is 2.72. The van der Waals surface area contributed by atoms with Gasteiger partial charge in [-0.1, -0.05) is 13.8 Å². The van der Waals surface area contributed by atoms with E-state index in [2.05, 4.69) is 10.6 Å². The van der Waals surface area contributed by atoms with Gasteiger partial charge in [-0.25, -0.2) is 0 Å². The number of rotatable bonds is 7. The number of anilines is 2. The van der Waals surface area contributed by atoms with Gasteiger partial charge in [-0.05, 0) is 62.0 Å². The zero-order valence-corrected chi connectivity index (χ0v) is 18.1. The lowest BCUT2D eigenvalue weighted by Gasteiger charge is -2.18. The van der Waals surface area contributed by atoms with E-state index >= 15 is 0 Å². The molecule has 0 heterocycles. The van der Waals surface area contributed by atoms with Crippen molar-refractivity contribution >= 4 is 23.2 Å². The van der Waals surface area contributed by atoms with Crippen LogP contribution in [-0.2, 0) is 17.1 Å². The second-order valence-electron chi connectivity index (χ2n) is 7.29. The van der Waals surface area contributed by atoms with Crippen molar-refractivity contribution in [3.05, 3.63) is 58.7 Å². The number of nitrogens with one attached hydrogen (secondary N) is 2. The van der Waals surface area contributed by atoms with E-state index in [9.17, 15) is 35.9 Å². The Balaban J connectivity index is 2.22. The first-order valence-electron chi connectivity index (χ1n) is 9.98. The molecule has 0 fully saturated rings. The monoisotopic (exact) mass is 475 g/mol. The first kappa shape index (κ1) is 26.2. The molecular formula is C22H23F6N3O2. The van der Waals surface area contributed by atoms with E-state index in [1.807, 2.05) is 18.7 Å². The molecule has 2 aromatic carbocycles. The molecule has 0 aliphatic carbocycles. The summed E-state index contributed by atoms with van der Waals surface area (Å²) in [6.45, 7) is 7.04. The second-order valence-corrected chi connectivity index (χ2v) is 7.29. The number of hydrogen-bond acceptors (Lipinski definition) is 3. The molecule has 2 aromatic rings. The molecule has 0 saturated carbocycles. The first-order valence-corrected chi connectivity index (χ1v) is 9.98. The molecule has 5 nitrogen and oxygen atoms in total. The summed E-state index contributed by atoms with van der Waals surface area (Å²) >= 11 is 0. The summed E-state index contributed by atoms with van der Waals surface area (Å²) in [5.41, 5.74) is -2.80. The molecule has 0 atom stereocenters. The molecule has 0 saturated heterocycles. The van der Waals surface area contributed by atoms with Gasteiger partial charge in [0.05, 0.1) is 17.7 Å². The van der Waals surface area contributed by atoms with E-state index in [1.165, 1.54) is 18.2 Å². The Labute approximate surface area is 186 Å². The molecule has 0 unspecified atom stereocenters. The minimum atomic E-state index is -5.06. The highest BCUT2D eigenvalue weighted by Gasteiger charge is 2.37. The maximum atomic E-state index is 13.0. The van der Waals surface area contributed by atoms with Crippen LogP contribution in [0.3, 0.4) is 0 Å². The van der Waals surface area contributed by atoms with Crippen molar-refractivity contribution in [2.24, 2.45) is 0 Å². The third kappa shape index (κ3) is 7.21. The molecule has 2 N–H and O–H groups in total. The first-order chi connectivity index (χ1) is 15.2. The summed E-state index contributed by atoms with van der Waals surface area (Å²) in [6.07, 6.45) is -10.1. The molecule has 180 valence electrons. The molecule has 0 aliphatic rings. The van der Waals surface area contributed by atoms with E-state index in [0.717, 1.165) is 0 Å². The zero-order chi connectivity index (χ0) is 25.0. The number of aryl methyl sites for hydroxylation is 1. The molecule has 2 rings (SSSR count). The zero-order valence-electron chi connectivity index (χ0n) is 18.1. The molecule has 0 radical (unpaired) electrons. The van der Waals surface area contributed by atoms with Crippen LogP contribution < -0.4 is 10.6 Å². The van der Waals surface area contributed by atoms with E-state index in [-0.39, 0.29) is 24.2 Å². The summed E-state index contributed by atoms with van der Waals surface area (Å²) in [5.74, 6) is -1.38. The van der Waals surface area contributed by atoms with E-state index in [0.29, 0.717) is 36.5 Å². The standard InChI is InChI=1S/C22H23F6N3O2/c1-4-31(5-2)12-19(32)30-18-7-6-17(8-13(18)3)29-20(33)14-9-15(21(23,24)25)11-16(10-14)22(26,27)28/h6-11H,4-5,12H2,1-3H3,(H,29,33)(H,30,32). The normalized spacial score (nSPS) is 12.1. The third-order valence-corrected chi connectivity index (χ3v) is 4.87. The average molecular weight is 475 g/mol. The maximum Gasteiger partial charge on any atom is 0.416 e. The largest absolute Gasteiger partial charge is 0.416 e. The quantitative estimate of drug-likeness (QED) is 0.515. The molecule has 0 aliphatic heterocycles. The third-order valence-electron chi connectivity index (χ3n) is 4.87. The van der Waals surface area contributed by atoms with E-state index in [4.69, 9.17) is 0 Å². The van der Waals surface area contributed by atoms with Gasteiger partial charge in [0, 0.05) is 16.9 Å². The number of alkyl halides is 6. The molecule has 0 bridgehead atoms. The van der Waals surface area contributed by atoms with Crippen molar-refractivity contribution in [2.45, 2.75) is 33.1 Å². The number of carbonyl (C=O) groups is 2. The fourth-order valence-corrected chi connectivity index (χ4v) is 3.01. The van der Waals surface area contributed by atoms with Crippen molar-refractivity contribution in [1.29, 1.82) is 0 Å². The van der Waals surface area contributed by atoms with E-state index in [1.54, 1.807) is 6.92 Å². The highest BCUT2D eigenvalue weighted by molar-refractivity contribution is 6.05. The predicted octanol–water partition coefficient (Wildman–Crippen LogP) is 5.57. The van der Waals surface area contributed by atoms with Crippen LogP contribution in [0.2, 0.25) is 0 Å². The van der Waals surface area contributed by atoms with Crippen molar-refractivity contribution < 1.29 is 35.9 Å². The van der Waals surface area contributed by atoms with Crippen LogP contribution in [0, 0.1) is 6.92 Å². The van der Waals surface area contributed by atoms with Crippen molar-refractivity contribution in [1.82, 2.24) is 4.90 Å². The number of nitrogens with zero attached hydrogens (tertiary/aromatic N) is 1. The number of hydrogen-bond donors (Lipinski definition) is 2. The predicted molar refractivity (Wildman–Crippen MR) is 112 cm³/mol. The number of amides is 2. The molecule has 33 heavy (non-hydrogen) atoms. The minimum Gasteiger partial charge on any atom is -0.325 e. The lowest BCUT2D eigenvalue weighted by molar-refractivity contribution is -0.143. The highest BCUT2D eigenvalue weighted by atomic mass is 19.4. The van der Waals surface area contributed by atoms with Gasteiger partial charge in [-0.2, -0.15) is 26.3 Å². The van der Waals surface area contributed by atoms with Gasteiger partial charge in [0.25, 0.3) is 5.91 Å². The molecular weight excluding hydrogens is 452 g/mol. The molecule has 2 amide bonds. The van der Waals surface area contributed by atoms with Crippen LogP contribution in [0.25, 0.3) is 0 Å². The van der Waals surface area contributed by atoms with Crippen LogP contribution in [0.5, 0.6) is 0 Å².